The molecule has 110 valence electrons. The van der Waals surface area contributed by atoms with Crippen LogP contribution in [0.5, 0.6) is 5.75 Å². The number of nitrogens with one attached hydrogen (secondary N) is 1. The van der Waals surface area contributed by atoms with E-state index in [1.165, 1.54) is 6.21 Å². The number of sulfonamides is 1. The minimum Gasteiger partial charge on any atom is -0.497 e. The largest absolute Gasteiger partial charge is 0.497 e. The number of nitrogens with zero attached hydrogens (tertiary/aromatic N) is 1. The average Bonchev–Trinajstić information content (AvgIpc) is 2.48. The van der Waals surface area contributed by atoms with Crippen molar-refractivity contribution in [3.8, 4) is 5.75 Å². The summed E-state index contributed by atoms with van der Waals surface area (Å²) in [7, 11) is -2.05. The number of methoxy groups -OCH3 is 1. The van der Waals surface area contributed by atoms with E-state index in [2.05, 4.69) is 9.93 Å². The molecule has 5 nitrogen and oxygen atoms in total. The molecule has 0 aromatic heterocycles. The molecule has 0 aliphatic rings. The molecule has 0 atom stereocenters. The molecule has 2 aromatic rings. The van der Waals surface area contributed by atoms with E-state index in [-0.39, 0.29) is 4.90 Å². The zero-order chi connectivity index (χ0) is 15.3. The van der Waals surface area contributed by atoms with E-state index in [1.807, 2.05) is 6.92 Å². The molecule has 2 rings (SSSR count). The number of hydrogen-bond donors (Lipinski definition) is 1. The molecular weight excluding hydrogens is 288 g/mol. The van der Waals surface area contributed by atoms with Crippen LogP contribution >= 0.6 is 0 Å². The number of hydrogen-bond acceptors (Lipinski definition) is 4. The molecule has 0 saturated carbocycles. The Morgan fingerprint density at radius 2 is 1.67 bits per heavy atom. The number of rotatable bonds is 5. The second-order valence-electron chi connectivity index (χ2n) is 4.44. The summed E-state index contributed by atoms with van der Waals surface area (Å²) in [4.78, 5) is 2.36. The van der Waals surface area contributed by atoms with Crippen molar-refractivity contribution in [2.45, 2.75) is 11.8 Å². The maximum Gasteiger partial charge on any atom is 0.276 e. The van der Waals surface area contributed by atoms with Gasteiger partial charge in [-0.1, -0.05) is 17.7 Å². The molecule has 0 fully saturated rings. The van der Waals surface area contributed by atoms with Gasteiger partial charge in [0.15, 0.2) is 0 Å². The highest BCUT2D eigenvalue weighted by atomic mass is 32.2. The van der Waals surface area contributed by atoms with Gasteiger partial charge in [0.1, 0.15) is 5.75 Å². The highest BCUT2D eigenvalue weighted by Gasteiger charge is 2.11. The van der Waals surface area contributed by atoms with Gasteiger partial charge in [0, 0.05) is 0 Å². The molecular formula is C15H16N2O3S. The van der Waals surface area contributed by atoms with Gasteiger partial charge in [-0.3, -0.25) is 0 Å². The maximum atomic E-state index is 12.0. The van der Waals surface area contributed by atoms with Crippen molar-refractivity contribution in [3.63, 3.8) is 0 Å². The quantitative estimate of drug-likeness (QED) is 0.681. The number of aryl methyl sites for hydroxylation is 1. The van der Waals surface area contributed by atoms with Gasteiger partial charge in [-0.25, -0.2) is 4.83 Å². The van der Waals surface area contributed by atoms with Gasteiger partial charge in [-0.05, 0) is 48.9 Å². The number of ether oxygens (including phenoxy) is 1. The molecule has 0 saturated heterocycles. The topological polar surface area (TPSA) is 67.8 Å². The molecule has 1 N–H and O–H groups in total. The van der Waals surface area contributed by atoms with Crippen LogP contribution in [0.4, 0.5) is 0 Å². The van der Waals surface area contributed by atoms with Gasteiger partial charge >= 0.3 is 0 Å². The normalized spacial score (nSPS) is 11.5. The van der Waals surface area contributed by atoms with Crippen molar-refractivity contribution in [1.29, 1.82) is 0 Å². The molecule has 6 heteroatoms. The minimum atomic E-state index is -3.63. The fraction of sp³-hybridized carbons (Fsp3) is 0.133. The summed E-state index contributed by atoms with van der Waals surface area (Å²) in [5.74, 6) is 0.729. The number of benzene rings is 2. The second kappa shape index (κ2) is 6.41. The van der Waals surface area contributed by atoms with E-state index in [4.69, 9.17) is 4.74 Å². The first-order valence-corrected chi connectivity index (χ1v) is 7.75. The highest BCUT2D eigenvalue weighted by Crippen LogP contribution is 2.11. The highest BCUT2D eigenvalue weighted by molar-refractivity contribution is 7.89. The van der Waals surface area contributed by atoms with E-state index in [9.17, 15) is 8.42 Å². The molecule has 0 heterocycles. The van der Waals surface area contributed by atoms with Crippen molar-refractivity contribution in [3.05, 3.63) is 59.7 Å². The van der Waals surface area contributed by atoms with Crippen LogP contribution in [0.25, 0.3) is 0 Å². The predicted molar refractivity (Wildman–Crippen MR) is 82.1 cm³/mol. The third kappa shape index (κ3) is 4.06. The van der Waals surface area contributed by atoms with Crippen molar-refractivity contribution in [2.75, 3.05) is 7.11 Å². The van der Waals surface area contributed by atoms with Crippen molar-refractivity contribution >= 4 is 16.2 Å². The van der Waals surface area contributed by atoms with E-state index < -0.39 is 10.0 Å². The zero-order valence-corrected chi connectivity index (χ0v) is 12.6. The van der Waals surface area contributed by atoms with E-state index in [0.717, 1.165) is 16.9 Å². The summed E-state index contributed by atoms with van der Waals surface area (Å²) in [6.45, 7) is 1.89. The van der Waals surface area contributed by atoms with Gasteiger partial charge in [-0.2, -0.15) is 13.5 Å². The van der Waals surface area contributed by atoms with E-state index >= 15 is 0 Å². The van der Waals surface area contributed by atoms with Crippen molar-refractivity contribution < 1.29 is 13.2 Å². The Balaban J connectivity index is 2.06. The summed E-state index contributed by atoms with van der Waals surface area (Å²) < 4.78 is 29.0. The minimum absolute atomic E-state index is 0.181. The standard InChI is InChI=1S/C15H16N2O3S/c1-12-3-9-15(10-4-12)21(18,19)17-16-11-13-5-7-14(20-2)8-6-13/h3-11,17H,1-2H3/b16-11-. The van der Waals surface area contributed by atoms with Crippen LogP contribution in [0.15, 0.2) is 58.5 Å². The number of hydrazone groups is 1. The third-order valence-corrected chi connectivity index (χ3v) is 4.07. The molecule has 0 spiro atoms. The lowest BCUT2D eigenvalue weighted by Gasteiger charge is -2.03. The van der Waals surface area contributed by atoms with Crippen LogP contribution in [0, 0.1) is 6.92 Å². The fourth-order valence-electron chi connectivity index (χ4n) is 1.63. The molecule has 0 radical (unpaired) electrons. The van der Waals surface area contributed by atoms with Crippen LogP contribution in [0.3, 0.4) is 0 Å². The van der Waals surface area contributed by atoms with E-state index in [0.29, 0.717) is 0 Å². The first-order valence-electron chi connectivity index (χ1n) is 6.27. The van der Waals surface area contributed by atoms with Gasteiger partial charge in [0.05, 0.1) is 18.2 Å². The summed E-state index contributed by atoms with van der Waals surface area (Å²) >= 11 is 0. The second-order valence-corrected chi connectivity index (χ2v) is 6.10. The Morgan fingerprint density at radius 1 is 1.05 bits per heavy atom. The molecule has 2 aromatic carbocycles. The monoisotopic (exact) mass is 304 g/mol. The summed E-state index contributed by atoms with van der Waals surface area (Å²) in [5.41, 5.74) is 1.76. The molecule has 0 bridgehead atoms. The molecule has 0 aliphatic heterocycles. The summed E-state index contributed by atoms with van der Waals surface area (Å²) in [6, 6.07) is 13.7. The Labute approximate surface area is 124 Å². The van der Waals surface area contributed by atoms with Gasteiger partial charge in [0.2, 0.25) is 0 Å². The van der Waals surface area contributed by atoms with Crippen LogP contribution in [-0.4, -0.2) is 21.7 Å². The smallest absolute Gasteiger partial charge is 0.276 e. The summed E-state index contributed by atoms with van der Waals surface area (Å²) in [5, 5.41) is 3.76. The molecule has 0 amide bonds. The fourth-order valence-corrected chi connectivity index (χ4v) is 2.42. The summed E-state index contributed by atoms with van der Waals surface area (Å²) in [6.07, 6.45) is 1.44. The lowest BCUT2D eigenvalue weighted by molar-refractivity contribution is 0.415. The SMILES string of the molecule is COc1ccc(/C=N\NS(=O)(=O)c2ccc(C)cc2)cc1. The zero-order valence-electron chi connectivity index (χ0n) is 11.8. The molecule has 0 aliphatic carbocycles. The Morgan fingerprint density at radius 3 is 2.24 bits per heavy atom. The van der Waals surface area contributed by atoms with Gasteiger partial charge in [-0.15, -0.1) is 0 Å². The first kappa shape index (κ1) is 15.1. The molecule has 0 unspecified atom stereocenters. The Bertz CT molecular complexity index is 721. The van der Waals surface area contributed by atoms with Crippen LogP contribution in [0.1, 0.15) is 11.1 Å². The maximum absolute atomic E-state index is 12.0. The predicted octanol–water partition coefficient (Wildman–Crippen LogP) is 2.32. The van der Waals surface area contributed by atoms with Crippen LogP contribution in [0.2, 0.25) is 0 Å². The Kier molecular flexibility index (Phi) is 4.59. The molecule has 21 heavy (non-hydrogen) atoms. The first-order chi connectivity index (χ1) is 10.0. The van der Waals surface area contributed by atoms with Gasteiger partial charge < -0.3 is 4.74 Å². The van der Waals surface area contributed by atoms with Crippen molar-refractivity contribution in [2.24, 2.45) is 5.10 Å². The van der Waals surface area contributed by atoms with E-state index in [1.54, 1.807) is 55.6 Å². The third-order valence-electron chi connectivity index (χ3n) is 2.83. The van der Waals surface area contributed by atoms with Crippen molar-refractivity contribution in [1.82, 2.24) is 4.83 Å². The Hall–Kier alpha value is -2.34. The van der Waals surface area contributed by atoms with Gasteiger partial charge in [0.25, 0.3) is 10.0 Å². The lowest BCUT2D eigenvalue weighted by Crippen LogP contribution is -2.18. The average molecular weight is 304 g/mol. The lowest BCUT2D eigenvalue weighted by atomic mass is 10.2. The van der Waals surface area contributed by atoms with Crippen LogP contribution < -0.4 is 9.57 Å². The van der Waals surface area contributed by atoms with Crippen LogP contribution in [-0.2, 0) is 10.0 Å².